The fraction of sp³-hybridized carbons (Fsp3) is 0.304. The summed E-state index contributed by atoms with van der Waals surface area (Å²) < 4.78 is 1.69. The standard InChI is InChI=1S/C23H25N9O2/c33-22-18(28-23(34)30-22)11-14-13-25-32-20(27-16-1-2-16)12-19(29-21(14)32)26-15-3-5-17(6-4-15)31-9-7-24-8-10-31/h3-6,11-13,16,24,26,33H,1-2,7-10H2,(H2,28,30,34). The van der Waals surface area contributed by atoms with Gasteiger partial charge in [-0.25, -0.2) is 9.78 Å². The molecule has 2 fully saturated rings. The third kappa shape index (κ3) is 4.13. The van der Waals surface area contributed by atoms with Crippen LogP contribution in [-0.4, -0.2) is 61.9 Å². The molecule has 1 saturated carbocycles. The Labute approximate surface area is 193 Å². The van der Waals surface area contributed by atoms with Crippen molar-refractivity contribution in [2.45, 2.75) is 18.9 Å². The Hall–Kier alpha value is -4.12. The minimum Gasteiger partial charge on any atom is -0.493 e. The fourth-order valence-electron chi connectivity index (χ4n) is 4.09. The van der Waals surface area contributed by atoms with Gasteiger partial charge in [-0.15, -0.1) is 0 Å². The van der Waals surface area contributed by atoms with Gasteiger partial charge in [-0.1, -0.05) is 0 Å². The topological polar surface area (TPSA) is 139 Å². The molecule has 1 saturated heterocycles. The summed E-state index contributed by atoms with van der Waals surface area (Å²) in [7, 11) is 0. The lowest BCUT2D eigenvalue weighted by atomic mass is 10.2. The summed E-state index contributed by atoms with van der Waals surface area (Å²) >= 11 is 0. The van der Waals surface area contributed by atoms with Gasteiger partial charge in [0.15, 0.2) is 11.1 Å². The first-order valence-corrected chi connectivity index (χ1v) is 11.4. The van der Waals surface area contributed by atoms with Crippen LogP contribution in [0.1, 0.15) is 18.5 Å². The van der Waals surface area contributed by atoms with E-state index in [0.717, 1.165) is 44.7 Å². The first-order valence-electron chi connectivity index (χ1n) is 11.4. The van der Waals surface area contributed by atoms with Crippen LogP contribution in [0.4, 0.5) is 17.2 Å². The lowest BCUT2D eigenvalue weighted by Gasteiger charge is -2.29. The molecule has 3 aromatic heterocycles. The number of fused-ring (bicyclic) bond motifs is 1. The van der Waals surface area contributed by atoms with Crippen LogP contribution in [0, 0.1) is 0 Å². The summed E-state index contributed by atoms with van der Waals surface area (Å²) in [6.45, 7) is 3.99. The lowest BCUT2D eigenvalue weighted by molar-refractivity contribution is 0.454. The van der Waals surface area contributed by atoms with Gasteiger partial charge < -0.3 is 25.6 Å². The highest BCUT2D eigenvalue weighted by atomic mass is 16.3. The van der Waals surface area contributed by atoms with Crippen LogP contribution >= 0.6 is 0 Å². The van der Waals surface area contributed by atoms with E-state index >= 15 is 0 Å². The second-order valence-electron chi connectivity index (χ2n) is 8.59. The number of hydrogen-bond donors (Lipinski definition) is 5. The van der Waals surface area contributed by atoms with Gasteiger partial charge in [0.1, 0.15) is 11.5 Å². The first-order chi connectivity index (χ1) is 16.6. The number of benzene rings is 1. The van der Waals surface area contributed by atoms with Crippen LogP contribution in [0.5, 0.6) is 5.88 Å². The van der Waals surface area contributed by atoms with Gasteiger partial charge in [0.2, 0.25) is 5.88 Å². The van der Waals surface area contributed by atoms with E-state index in [1.807, 2.05) is 18.2 Å². The van der Waals surface area contributed by atoms with Crippen LogP contribution < -0.4 is 31.9 Å². The van der Waals surface area contributed by atoms with Gasteiger partial charge in [-0.2, -0.15) is 9.61 Å². The summed E-state index contributed by atoms with van der Waals surface area (Å²) in [5, 5.41) is 21.8. The predicted octanol–water partition coefficient (Wildman–Crippen LogP) is 0.215. The van der Waals surface area contributed by atoms with Crippen LogP contribution in [0.15, 0.2) is 46.3 Å². The fourth-order valence-corrected chi connectivity index (χ4v) is 4.09. The maximum Gasteiger partial charge on any atom is 0.326 e. The van der Waals surface area contributed by atoms with E-state index in [1.165, 1.54) is 5.69 Å². The minimum atomic E-state index is -0.482. The Morgan fingerprint density at radius 2 is 1.94 bits per heavy atom. The van der Waals surface area contributed by atoms with E-state index in [0.29, 0.717) is 28.2 Å². The monoisotopic (exact) mass is 459 g/mol. The number of rotatable bonds is 5. The van der Waals surface area contributed by atoms with E-state index < -0.39 is 5.69 Å². The molecular weight excluding hydrogens is 434 g/mol. The van der Waals surface area contributed by atoms with Crippen molar-refractivity contribution >= 4 is 28.9 Å². The Morgan fingerprint density at radius 3 is 2.65 bits per heavy atom. The number of anilines is 3. The van der Waals surface area contributed by atoms with Crippen LogP contribution in [0.3, 0.4) is 0 Å². The van der Waals surface area contributed by atoms with Crippen molar-refractivity contribution in [2.24, 2.45) is 4.99 Å². The molecule has 6 rings (SSSR count). The Kier molecular flexibility index (Phi) is 5.02. The highest BCUT2D eigenvalue weighted by molar-refractivity contribution is 5.63. The van der Waals surface area contributed by atoms with Crippen molar-refractivity contribution in [3.05, 3.63) is 63.4 Å². The predicted molar refractivity (Wildman–Crippen MR) is 128 cm³/mol. The van der Waals surface area contributed by atoms with Crippen LogP contribution in [0.2, 0.25) is 0 Å². The number of aromatic amines is 2. The molecule has 11 nitrogen and oxygen atoms in total. The Balaban J connectivity index is 1.37. The largest absolute Gasteiger partial charge is 0.493 e. The number of imidazole rings is 1. The average molecular weight is 460 g/mol. The number of piperazine rings is 1. The lowest BCUT2D eigenvalue weighted by Crippen LogP contribution is -2.43. The zero-order valence-corrected chi connectivity index (χ0v) is 18.5. The summed E-state index contributed by atoms with van der Waals surface area (Å²) in [6, 6.07) is 10.5. The number of nitrogens with one attached hydrogen (secondary N) is 4. The van der Waals surface area contributed by atoms with Crippen molar-refractivity contribution in [3.63, 3.8) is 0 Å². The van der Waals surface area contributed by atoms with E-state index in [1.54, 1.807) is 16.8 Å². The summed E-state index contributed by atoms with van der Waals surface area (Å²) in [6.07, 6.45) is 5.41. The number of nitrogens with zero attached hydrogens (tertiary/aromatic N) is 5. The van der Waals surface area contributed by atoms with Crippen molar-refractivity contribution < 1.29 is 5.11 Å². The molecule has 174 valence electrons. The molecule has 4 heterocycles. The molecule has 0 bridgehead atoms. The Bertz CT molecular complexity index is 1510. The summed E-state index contributed by atoms with van der Waals surface area (Å²) in [5.41, 5.74) is 3.19. The van der Waals surface area contributed by atoms with Crippen molar-refractivity contribution in [1.82, 2.24) is 29.9 Å². The summed E-state index contributed by atoms with van der Waals surface area (Å²) in [4.78, 5) is 28.3. The van der Waals surface area contributed by atoms with Crippen molar-refractivity contribution in [3.8, 4) is 5.88 Å². The molecule has 0 unspecified atom stereocenters. The quantitative estimate of drug-likeness (QED) is 0.288. The average Bonchev–Trinajstić information content (AvgIpc) is 3.48. The van der Waals surface area contributed by atoms with E-state index in [4.69, 9.17) is 9.98 Å². The molecule has 5 N–H and O–H groups in total. The molecule has 0 spiro atoms. The molecule has 1 aromatic carbocycles. The maximum atomic E-state index is 11.5. The van der Waals surface area contributed by atoms with E-state index in [9.17, 15) is 9.90 Å². The normalized spacial score (nSPS) is 17.6. The maximum absolute atomic E-state index is 11.5. The van der Waals surface area contributed by atoms with Gasteiger partial charge in [0.25, 0.3) is 0 Å². The van der Waals surface area contributed by atoms with Crippen LogP contribution in [-0.2, 0) is 0 Å². The Morgan fingerprint density at radius 1 is 1.15 bits per heavy atom. The van der Waals surface area contributed by atoms with Gasteiger partial charge >= 0.3 is 5.69 Å². The number of hydrogen-bond acceptors (Lipinski definition) is 8. The third-order valence-corrected chi connectivity index (χ3v) is 6.00. The second-order valence-corrected chi connectivity index (χ2v) is 8.59. The van der Waals surface area contributed by atoms with E-state index in [-0.39, 0.29) is 11.6 Å². The smallest absolute Gasteiger partial charge is 0.326 e. The number of aromatic hydroxyl groups is 1. The SMILES string of the molecule is O=c1[nH]c(O)c(C=c2cnn3c(=NC4CC4)cc(Nc4ccc(N5CCNCC5)cc4)nc23)[nH]1. The highest BCUT2D eigenvalue weighted by Crippen LogP contribution is 2.23. The molecule has 0 radical (unpaired) electrons. The molecule has 1 aliphatic carbocycles. The van der Waals surface area contributed by atoms with Crippen LogP contribution in [0.25, 0.3) is 11.7 Å². The third-order valence-electron chi connectivity index (χ3n) is 6.00. The zero-order chi connectivity index (χ0) is 23.1. The van der Waals surface area contributed by atoms with Gasteiger partial charge in [-0.3, -0.25) is 9.98 Å². The molecule has 1 aliphatic heterocycles. The molecular formula is C23H25N9O2. The zero-order valence-electron chi connectivity index (χ0n) is 18.5. The minimum absolute atomic E-state index is 0.230. The molecule has 11 heteroatoms. The molecule has 0 atom stereocenters. The number of aromatic nitrogens is 5. The van der Waals surface area contributed by atoms with Gasteiger partial charge in [0, 0.05) is 48.8 Å². The van der Waals surface area contributed by atoms with Crippen molar-refractivity contribution in [2.75, 3.05) is 36.4 Å². The number of H-pyrrole nitrogens is 2. The second kappa shape index (κ2) is 8.34. The molecule has 4 aromatic rings. The summed E-state index contributed by atoms with van der Waals surface area (Å²) in [5.74, 6) is 0.412. The van der Waals surface area contributed by atoms with E-state index in [2.05, 4.69) is 42.7 Å². The highest BCUT2D eigenvalue weighted by Gasteiger charge is 2.20. The molecule has 0 amide bonds. The molecule has 2 aliphatic rings. The van der Waals surface area contributed by atoms with Crippen molar-refractivity contribution in [1.29, 1.82) is 0 Å². The first kappa shape index (κ1) is 20.5. The molecule has 34 heavy (non-hydrogen) atoms. The van der Waals surface area contributed by atoms with Gasteiger partial charge in [-0.05, 0) is 43.2 Å². The van der Waals surface area contributed by atoms with Gasteiger partial charge in [0.05, 0.1) is 12.2 Å².